The van der Waals surface area contributed by atoms with E-state index in [1.165, 1.54) is 13.0 Å². The summed E-state index contributed by atoms with van der Waals surface area (Å²) in [7, 11) is 0. The quantitative estimate of drug-likeness (QED) is 0.750. The van der Waals surface area contributed by atoms with Crippen LogP contribution >= 0.6 is 0 Å². The van der Waals surface area contributed by atoms with Crippen LogP contribution in [0, 0.1) is 13.8 Å². The average Bonchev–Trinajstić information content (AvgIpc) is 3.00. The van der Waals surface area contributed by atoms with Crippen molar-refractivity contribution in [3.05, 3.63) is 63.3 Å². The maximum Gasteiger partial charge on any atom is 0.416 e. The maximum atomic E-state index is 13.0. The normalized spacial score (nSPS) is 11.6. The van der Waals surface area contributed by atoms with E-state index >= 15 is 0 Å². The molecule has 0 fully saturated rings. The molecule has 3 aromatic rings. The van der Waals surface area contributed by atoms with E-state index in [0.717, 1.165) is 28.8 Å². The van der Waals surface area contributed by atoms with Gasteiger partial charge in [-0.2, -0.15) is 18.2 Å². The van der Waals surface area contributed by atoms with Gasteiger partial charge < -0.3 is 9.63 Å². The molecule has 7 nitrogen and oxygen atoms in total. The zero-order valence-electron chi connectivity index (χ0n) is 14.0. The summed E-state index contributed by atoms with van der Waals surface area (Å²) in [5, 5.41) is 12.9. The van der Waals surface area contributed by atoms with Gasteiger partial charge in [-0.1, -0.05) is 11.2 Å². The minimum absolute atomic E-state index is 0.0479. The van der Waals surface area contributed by atoms with E-state index in [0.29, 0.717) is 0 Å². The van der Waals surface area contributed by atoms with Crippen LogP contribution in [0.25, 0.3) is 17.1 Å². The molecular weight excluding hydrogens is 367 g/mol. The van der Waals surface area contributed by atoms with E-state index in [4.69, 9.17) is 4.52 Å². The highest BCUT2D eigenvalue weighted by Crippen LogP contribution is 2.31. The Morgan fingerprint density at radius 3 is 2.48 bits per heavy atom. The lowest BCUT2D eigenvalue weighted by molar-refractivity contribution is -0.137. The summed E-state index contributed by atoms with van der Waals surface area (Å²) in [6.45, 7) is 2.99. The van der Waals surface area contributed by atoms with Crippen LogP contribution in [0.5, 0.6) is 0 Å². The Balaban J connectivity index is 2.34. The molecule has 0 aliphatic heterocycles. The predicted molar refractivity (Wildman–Crippen MR) is 86.8 cm³/mol. The van der Waals surface area contributed by atoms with Crippen molar-refractivity contribution in [1.82, 2.24) is 14.7 Å². The van der Waals surface area contributed by atoms with E-state index in [1.54, 1.807) is 6.92 Å². The monoisotopic (exact) mass is 379 g/mol. The number of carboxylic acid groups (broad SMARTS) is 1. The third kappa shape index (κ3) is 3.33. The Bertz CT molecular complexity index is 1100. The smallest absolute Gasteiger partial charge is 0.416 e. The molecule has 3 rings (SSSR count). The summed E-state index contributed by atoms with van der Waals surface area (Å²) in [6.07, 6.45) is -4.62. The van der Waals surface area contributed by atoms with Crippen molar-refractivity contribution in [1.29, 1.82) is 0 Å². The number of carbonyl (C=O) groups is 1. The van der Waals surface area contributed by atoms with Crippen LogP contribution in [-0.4, -0.2) is 25.8 Å². The van der Waals surface area contributed by atoms with Gasteiger partial charge in [-0.15, -0.1) is 0 Å². The molecule has 2 aromatic heterocycles. The largest absolute Gasteiger partial charge is 0.477 e. The van der Waals surface area contributed by atoms with Crippen molar-refractivity contribution in [3.8, 4) is 17.1 Å². The number of alkyl halides is 3. The summed E-state index contributed by atoms with van der Waals surface area (Å²) >= 11 is 0. The standard InChI is InChI=1S/C17H12F3N3O4/c1-8-12(14-21-9(2)22-27-14)7-13(16(25)26)15(24)23(8)11-5-3-4-10(6-11)17(18,19)20/h3-7H,1-2H3,(H,25,26). The van der Waals surface area contributed by atoms with E-state index in [-0.39, 0.29) is 28.7 Å². The molecule has 2 heterocycles. The molecule has 140 valence electrons. The van der Waals surface area contributed by atoms with Gasteiger partial charge in [0.2, 0.25) is 0 Å². The van der Waals surface area contributed by atoms with Gasteiger partial charge in [0.25, 0.3) is 11.4 Å². The molecule has 0 spiro atoms. The fourth-order valence-electron chi connectivity index (χ4n) is 2.61. The Morgan fingerprint density at radius 1 is 1.22 bits per heavy atom. The molecule has 1 aromatic carbocycles. The Kier molecular flexibility index (Phi) is 4.34. The first-order valence-electron chi connectivity index (χ1n) is 7.58. The lowest BCUT2D eigenvalue weighted by Crippen LogP contribution is -2.27. The van der Waals surface area contributed by atoms with Crippen LogP contribution < -0.4 is 5.56 Å². The molecule has 27 heavy (non-hydrogen) atoms. The summed E-state index contributed by atoms with van der Waals surface area (Å²) < 4.78 is 45.0. The highest BCUT2D eigenvalue weighted by molar-refractivity contribution is 5.89. The van der Waals surface area contributed by atoms with E-state index in [9.17, 15) is 27.9 Å². The number of rotatable bonds is 3. The third-order valence-corrected chi connectivity index (χ3v) is 3.87. The number of halogens is 3. The molecule has 0 radical (unpaired) electrons. The molecular formula is C17H12F3N3O4. The summed E-state index contributed by atoms with van der Waals surface area (Å²) in [4.78, 5) is 28.1. The molecule has 0 saturated carbocycles. The molecule has 0 atom stereocenters. The van der Waals surface area contributed by atoms with Gasteiger partial charge in [0, 0.05) is 11.4 Å². The summed E-state index contributed by atoms with van der Waals surface area (Å²) in [6, 6.07) is 5.10. The topological polar surface area (TPSA) is 98.2 Å². The number of aromatic nitrogens is 3. The maximum absolute atomic E-state index is 13.0. The molecule has 0 unspecified atom stereocenters. The molecule has 0 aliphatic carbocycles. The average molecular weight is 379 g/mol. The minimum Gasteiger partial charge on any atom is -0.477 e. The lowest BCUT2D eigenvalue weighted by atomic mass is 10.1. The highest BCUT2D eigenvalue weighted by atomic mass is 19.4. The second-order valence-corrected chi connectivity index (χ2v) is 5.70. The van der Waals surface area contributed by atoms with Crippen molar-refractivity contribution in [3.63, 3.8) is 0 Å². The van der Waals surface area contributed by atoms with Crippen LogP contribution in [0.2, 0.25) is 0 Å². The molecule has 0 amide bonds. The second-order valence-electron chi connectivity index (χ2n) is 5.70. The Labute approximate surface area is 149 Å². The zero-order valence-corrected chi connectivity index (χ0v) is 14.0. The van der Waals surface area contributed by atoms with E-state index < -0.39 is 28.8 Å². The van der Waals surface area contributed by atoms with Crippen LogP contribution in [0.3, 0.4) is 0 Å². The van der Waals surface area contributed by atoms with E-state index in [2.05, 4.69) is 10.1 Å². The first kappa shape index (κ1) is 18.4. The number of aryl methyl sites for hydroxylation is 1. The zero-order chi connectivity index (χ0) is 19.9. The molecule has 0 saturated heterocycles. The number of hydrogen-bond donors (Lipinski definition) is 1. The molecule has 0 aliphatic rings. The van der Waals surface area contributed by atoms with Gasteiger partial charge >= 0.3 is 12.1 Å². The van der Waals surface area contributed by atoms with Gasteiger partial charge in [0.15, 0.2) is 5.82 Å². The number of nitrogens with zero attached hydrogens (tertiary/aromatic N) is 3. The number of pyridine rings is 1. The molecule has 0 bridgehead atoms. The Hall–Kier alpha value is -3.43. The molecule has 1 N–H and O–H groups in total. The van der Waals surface area contributed by atoms with Crippen LogP contribution in [0.4, 0.5) is 13.2 Å². The first-order valence-corrected chi connectivity index (χ1v) is 7.58. The Morgan fingerprint density at radius 2 is 1.93 bits per heavy atom. The van der Waals surface area contributed by atoms with Crippen molar-refractivity contribution >= 4 is 5.97 Å². The second kappa shape index (κ2) is 6.38. The van der Waals surface area contributed by atoms with Crippen LogP contribution in [-0.2, 0) is 6.18 Å². The fourth-order valence-corrected chi connectivity index (χ4v) is 2.61. The van der Waals surface area contributed by atoms with E-state index in [1.807, 2.05) is 0 Å². The van der Waals surface area contributed by atoms with Gasteiger partial charge in [0.05, 0.1) is 11.1 Å². The number of carboxylic acids is 1. The SMILES string of the molecule is Cc1noc(-c2cc(C(=O)O)c(=O)n(-c3cccc(C(F)(F)F)c3)c2C)n1. The number of benzene rings is 1. The minimum atomic E-state index is -4.62. The van der Waals surface area contributed by atoms with Crippen molar-refractivity contribution in [2.24, 2.45) is 0 Å². The summed E-state index contributed by atoms with van der Waals surface area (Å²) in [5.74, 6) is -1.30. The van der Waals surface area contributed by atoms with Gasteiger partial charge in [-0.3, -0.25) is 9.36 Å². The summed E-state index contributed by atoms with van der Waals surface area (Å²) in [5.41, 5.74) is -2.42. The predicted octanol–water partition coefficient (Wildman–Crippen LogP) is 3.22. The van der Waals surface area contributed by atoms with Crippen molar-refractivity contribution in [2.75, 3.05) is 0 Å². The van der Waals surface area contributed by atoms with Gasteiger partial charge in [0.1, 0.15) is 5.56 Å². The van der Waals surface area contributed by atoms with Crippen LogP contribution in [0.15, 0.2) is 39.6 Å². The molecule has 10 heteroatoms. The lowest BCUT2D eigenvalue weighted by Gasteiger charge is -2.15. The fraction of sp³-hybridized carbons (Fsp3) is 0.176. The van der Waals surface area contributed by atoms with Gasteiger partial charge in [-0.05, 0) is 38.1 Å². The van der Waals surface area contributed by atoms with Crippen molar-refractivity contribution < 1.29 is 27.6 Å². The third-order valence-electron chi connectivity index (χ3n) is 3.87. The van der Waals surface area contributed by atoms with Crippen LogP contribution in [0.1, 0.15) is 27.4 Å². The number of aromatic carboxylic acids is 1. The highest BCUT2D eigenvalue weighted by Gasteiger charge is 2.31. The number of hydrogen-bond acceptors (Lipinski definition) is 5. The van der Waals surface area contributed by atoms with Crippen molar-refractivity contribution in [2.45, 2.75) is 20.0 Å². The first-order chi connectivity index (χ1) is 12.6. The van der Waals surface area contributed by atoms with Gasteiger partial charge in [-0.25, -0.2) is 4.79 Å².